The normalized spacial score (nSPS) is 20.9. The SMILES string of the molecule is Oc1cccc2c1CNCCN2C1CC1. The van der Waals surface area contributed by atoms with Crippen LogP contribution in [0.1, 0.15) is 18.4 Å². The molecule has 1 aliphatic heterocycles. The molecule has 3 nitrogen and oxygen atoms in total. The van der Waals surface area contributed by atoms with E-state index < -0.39 is 0 Å². The van der Waals surface area contributed by atoms with Crippen LogP contribution < -0.4 is 10.2 Å². The highest BCUT2D eigenvalue weighted by molar-refractivity contribution is 5.60. The van der Waals surface area contributed by atoms with Gasteiger partial charge >= 0.3 is 0 Å². The van der Waals surface area contributed by atoms with E-state index in [2.05, 4.69) is 16.3 Å². The van der Waals surface area contributed by atoms with Gasteiger partial charge in [0.1, 0.15) is 5.75 Å². The summed E-state index contributed by atoms with van der Waals surface area (Å²) in [4.78, 5) is 2.44. The van der Waals surface area contributed by atoms with Crippen molar-refractivity contribution in [2.24, 2.45) is 0 Å². The van der Waals surface area contributed by atoms with Crippen molar-refractivity contribution in [2.75, 3.05) is 18.0 Å². The second kappa shape index (κ2) is 3.42. The molecule has 3 rings (SSSR count). The summed E-state index contributed by atoms with van der Waals surface area (Å²) in [5, 5.41) is 13.2. The topological polar surface area (TPSA) is 35.5 Å². The Morgan fingerprint density at radius 3 is 3.00 bits per heavy atom. The number of aromatic hydroxyl groups is 1. The highest BCUT2D eigenvalue weighted by atomic mass is 16.3. The van der Waals surface area contributed by atoms with Crippen LogP contribution in [0.25, 0.3) is 0 Å². The third-order valence-corrected chi connectivity index (χ3v) is 3.25. The van der Waals surface area contributed by atoms with Crippen molar-refractivity contribution in [1.82, 2.24) is 5.32 Å². The van der Waals surface area contributed by atoms with Crippen LogP contribution in [0.3, 0.4) is 0 Å². The molecule has 1 aliphatic carbocycles. The maximum absolute atomic E-state index is 9.83. The average Bonchev–Trinajstić information content (AvgIpc) is 3.03. The Morgan fingerprint density at radius 2 is 2.20 bits per heavy atom. The first-order chi connectivity index (χ1) is 7.36. The van der Waals surface area contributed by atoms with Crippen LogP contribution in [0.4, 0.5) is 5.69 Å². The molecule has 0 saturated heterocycles. The zero-order valence-electron chi connectivity index (χ0n) is 8.74. The maximum atomic E-state index is 9.83. The predicted octanol–water partition coefficient (Wildman–Crippen LogP) is 1.46. The van der Waals surface area contributed by atoms with Gasteiger partial charge in [0.25, 0.3) is 0 Å². The van der Waals surface area contributed by atoms with Gasteiger partial charge in [0, 0.05) is 36.9 Å². The molecule has 1 aromatic carbocycles. The minimum atomic E-state index is 0.424. The van der Waals surface area contributed by atoms with E-state index in [1.807, 2.05) is 6.07 Å². The van der Waals surface area contributed by atoms with Crippen molar-refractivity contribution in [3.63, 3.8) is 0 Å². The number of rotatable bonds is 1. The Kier molecular flexibility index (Phi) is 2.06. The Bertz CT molecular complexity index is 374. The van der Waals surface area contributed by atoms with E-state index in [-0.39, 0.29) is 0 Å². The number of anilines is 1. The van der Waals surface area contributed by atoms with Crippen LogP contribution in [0.2, 0.25) is 0 Å². The van der Waals surface area contributed by atoms with Crippen molar-refractivity contribution in [3.8, 4) is 5.75 Å². The fourth-order valence-corrected chi connectivity index (χ4v) is 2.31. The molecule has 1 fully saturated rings. The minimum Gasteiger partial charge on any atom is -0.508 e. The molecule has 1 saturated carbocycles. The molecule has 1 heterocycles. The Labute approximate surface area is 89.7 Å². The number of phenols is 1. The molecule has 0 radical (unpaired) electrons. The number of hydrogen-bond donors (Lipinski definition) is 2. The zero-order valence-corrected chi connectivity index (χ0v) is 8.74. The summed E-state index contributed by atoms with van der Waals surface area (Å²) in [6.45, 7) is 2.84. The van der Waals surface area contributed by atoms with Gasteiger partial charge in [-0.25, -0.2) is 0 Å². The van der Waals surface area contributed by atoms with E-state index in [0.29, 0.717) is 11.8 Å². The molecule has 80 valence electrons. The van der Waals surface area contributed by atoms with E-state index in [4.69, 9.17) is 0 Å². The predicted molar refractivity (Wildman–Crippen MR) is 60.2 cm³/mol. The Balaban J connectivity index is 2.04. The minimum absolute atomic E-state index is 0.424. The average molecular weight is 204 g/mol. The lowest BCUT2D eigenvalue weighted by atomic mass is 10.1. The Hall–Kier alpha value is -1.22. The fourth-order valence-electron chi connectivity index (χ4n) is 2.31. The van der Waals surface area contributed by atoms with Crippen LogP contribution in [0.15, 0.2) is 18.2 Å². The van der Waals surface area contributed by atoms with E-state index >= 15 is 0 Å². The molecule has 1 aromatic rings. The second-order valence-electron chi connectivity index (χ2n) is 4.38. The standard InChI is InChI=1S/C12H16N2O/c15-12-3-1-2-11-10(12)8-13-6-7-14(11)9-4-5-9/h1-3,9,13,15H,4-8H2. The van der Waals surface area contributed by atoms with Gasteiger partial charge in [-0.15, -0.1) is 0 Å². The van der Waals surface area contributed by atoms with Crippen molar-refractivity contribution in [2.45, 2.75) is 25.4 Å². The molecule has 2 aliphatic rings. The summed E-state index contributed by atoms with van der Waals surface area (Å²) >= 11 is 0. The fraction of sp³-hybridized carbons (Fsp3) is 0.500. The first kappa shape index (κ1) is 9.04. The van der Waals surface area contributed by atoms with Crippen LogP contribution in [-0.2, 0) is 6.54 Å². The molecule has 0 amide bonds. The zero-order chi connectivity index (χ0) is 10.3. The highest BCUT2D eigenvalue weighted by Gasteiger charge is 2.31. The summed E-state index contributed by atoms with van der Waals surface area (Å²) in [5.74, 6) is 0.424. The van der Waals surface area contributed by atoms with Crippen LogP contribution in [0.5, 0.6) is 5.75 Å². The smallest absolute Gasteiger partial charge is 0.122 e. The van der Waals surface area contributed by atoms with Gasteiger partial charge in [0.15, 0.2) is 0 Å². The van der Waals surface area contributed by atoms with E-state index in [1.54, 1.807) is 6.07 Å². The van der Waals surface area contributed by atoms with Crippen molar-refractivity contribution >= 4 is 5.69 Å². The molecule has 2 N–H and O–H groups in total. The van der Waals surface area contributed by atoms with Gasteiger partial charge in [-0.2, -0.15) is 0 Å². The number of nitrogens with zero attached hydrogens (tertiary/aromatic N) is 1. The van der Waals surface area contributed by atoms with Gasteiger partial charge in [-0.3, -0.25) is 0 Å². The van der Waals surface area contributed by atoms with Crippen LogP contribution in [0, 0.1) is 0 Å². The van der Waals surface area contributed by atoms with Crippen LogP contribution >= 0.6 is 0 Å². The summed E-state index contributed by atoms with van der Waals surface area (Å²) in [6.07, 6.45) is 2.60. The first-order valence-corrected chi connectivity index (χ1v) is 5.64. The molecule has 15 heavy (non-hydrogen) atoms. The first-order valence-electron chi connectivity index (χ1n) is 5.64. The van der Waals surface area contributed by atoms with Gasteiger partial charge in [0.2, 0.25) is 0 Å². The van der Waals surface area contributed by atoms with E-state index in [0.717, 1.165) is 25.2 Å². The quantitative estimate of drug-likeness (QED) is 0.727. The molecule has 0 spiro atoms. The second-order valence-corrected chi connectivity index (χ2v) is 4.38. The third kappa shape index (κ3) is 1.57. The van der Waals surface area contributed by atoms with Gasteiger partial charge in [-0.05, 0) is 25.0 Å². The number of benzene rings is 1. The van der Waals surface area contributed by atoms with Gasteiger partial charge in [0.05, 0.1) is 0 Å². The number of fused-ring (bicyclic) bond motifs is 1. The van der Waals surface area contributed by atoms with Crippen molar-refractivity contribution in [1.29, 1.82) is 0 Å². The Morgan fingerprint density at radius 1 is 1.33 bits per heavy atom. The number of nitrogens with one attached hydrogen (secondary N) is 1. The lowest BCUT2D eigenvalue weighted by molar-refractivity contribution is 0.466. The van der Waals surface area contributed by atoms with E-state index in [9.17, 15) is 5.11 Å². The summed E-state index contributed by atoms with van der Waals surface area (Å²) in [5.41, 5.74) is 2.28. The molecule has 0 bridgehead atoms. The molecular weight excluding hydrogens is 188 g/mol. The molecule has 0 unspecified atom stereocenters. The lowest BCUT2D eigenvalue weighted by Crippen LogP contribution is -2.30. The summed E-state index contributed by atoms with van der Waals surface area (Å²) < 4.78 is 0. The van der Waals surface area contributed by atoms with Gasteiger partial charge in [-0.1, -0.05) is 6.07 Å². The molecular formula is C12H16N2O. The third-order valence-electron chi connectivity index (χ3n) is 3.25. The summed E-state index contributed by atoms with van der Waals surface area (Å²) in [7, 11) is 0. The number of phenolic OH excluding ortho intramolecular Hbond substituents is 1. The lowest BCUT2D eigenvalue weighted by Gasteiger charge is -2.24. The van der Waals surface area contributed by atoms with Crippen molar-refractivity contribution < 1.29 is 5.11 Å². The molecule has 0 aromatic heterocycles. The summed E-state index contributed by atoms with van der Waals surface area (Å²) in [6, 6.07) is 6.55. The van der Waals surface area contributed by atoms with Gasteiger partial charge < -0.3 is 15.3 Å². The molecule has 3 heteroatoms. The molecule has 0 atom stereocenters. The largest absolute Gasteiger partial charge is 0.508 e. The monoisotopic (exact) mass is 204 g/mol. The highest BCUT2D eigenvalue weighted by Crippen LogP contribution is 2.36. The van der Waals surface area contributed by atoms with Crippen molar-refractivity contribution in [3.05, 3.63) is 23.8 Å². The van der Waals surface area contributed by atoms with Crippen LogP contribution in [-0.4, -0.2) is 24.2 Å². The van der Waals surface area contributed by atoms with E-state index in [1.165, 1.54) is 18.5 Å². The number of hydrogen-bond acceptors (Lipinski definition) is 3. The maximum Gasteiger partial charge on any atom is 0.122 e.